The Bertz CT molecular complexity index is 451. The first-order chi connectivity index (χ1) is 8.80. The molecule has 1 heterocycles. The molecule has 1 aromatic rings. The van der Waals surface area contributed by atoms with E-state index in [4.69, 9.17) is 4.74 Å². The molecule has 0 saturated heterocycles. The minimum atomic E-state index is -0.522. The van der Waals surface area contributed by atoms with Crippen molar-refractivity contribution in [1.82, 2.24) is 4.98 Å². The molecule has 1 rings (SSSR count). The van der Waals surface area contributed by atoms with Crippen molar-refractivity contribution in [2.75, 3.05) is 18.5 Å². The topological polar surface area (TPSA) is 94.4 Å². The molecule has 1 N–H and O–H groups in total. The second kappa shape index (κ2) is 6.12. The van der Waals surface area contributed by atoms with Crippen molar-refractivity contribution in [1.29, 1.82) is 0 Å². The number of hydrogen-bond acceptors (Lipinski definition) is 6. The summed E-state index contributed by atoms with van der Waals surface area (Å²) in [6, 6.07) is 2.86. The molecule has 0 aliphatic carbocycles. The fourth-order valence-corrected chi connectivity index (χ4v) is 1.14. The van der Waals surface area contributed by atoms with E-state index in [2.05, 4.69) is 10.3 Å². The zero-order valence-electron chi connectivity index (χ0n) is 11.2. The first kappa shape index (κ1) is 14.9. The Kier molecular flexibility index (Phi) is 4.80. The van der Waals surface area contributed by atoms with Gasteiger partial charge in [0.25, 0.3) is 5.69 Å². The number of ether oxygens (including phenoxy) is 1. The van der Waals surface area contributed by atoms with Gasteiger partial charge in [0.2, 0.25) is 0 Å². The van der Waals surface area contributed by atoms with E-state index in [1.165, 1.54) is 18.3 Å². The van der Waals surface area contributed by atoms with Crippen molar-refractivity contribution in [2.24, 2.45) is 5.41 Å². The van der Waals surface area contributed by atoms with Gasteiger partial charge in [0.1, 0.15) is 18.6 Å². The third-order valence-corrected chi connectivity index (χ3v) is 2.21. The number of carbonyl (C=O) groups excluding carboxylic acids is 1. The lowest BCUT2D eigenvalue weighted by Gasteiger charge is -2.16. The van der Waals surface area contributed by atoms with Gasteiger partial charge in [-0.3, -0.25) is 14.9 Å². The van der Waals surface area contributed by atoms with Crippen molar-refractivity contribution in [3.8, 4) is 0 Å². The number of pyridine rings is 1. The van der Waals surface area contributed by atoms with Crippen LogP contribution in [0, 0.1) is 15.5 Å². The summed E-state index contributed by atoms with van der Waals surface area (Å²) in [7, 11) is 0. The SMILES string of the molecule is CC(C)(C)C(=O)OCCNc1ccc([N+](=O)[O-])cn1. The van der Waals surface area contributed by atoms with Gasteiger partial charge < -0.3 is 10.1 Å². The Morgan fingerprint density at radius 3 is 2.63 bits per heavy atom. The predicted octanol–water partition coefficient (Wildman–Crippen LogP) is 1.99. The number of nitrogens with one attached hydrogen (secondary N) is 1. The van der Waals surface area contributed by atoms with Crippen LogP contribution in [0.5, 0.6) is 0 Å². The average Bonchev–Trinajstić information content (AvgIpc) is 2.33. The molecule has 0 atom stereocenters. The van der Waals surface area contributed by atoms with Crippen LogP contribution in [0.1, 0.15) is 20.8 Å². The number of rotatable bonds is 5. The van der Waals surface area contributed by atoms with Gasteiger partial charge in [0.05, 0.1) is 16.9 Å². The summed E-state index contributed by atoms with van der Waals surface area (Å²) in [6.45, 7) is 5.95. The smallest absolute Gasteiger partial charge is 0.311 e. The molecule has 0 saturated carbocycles. The normalized spacial score (nSPS) is 10.9. The van der Waals surface area contributed by atoms with Crippen LogP contribution < -0.4 is 5.32 Å². The molecule has 104 valence electrons. The van der Waals surface area contributed by atoms with Crippen LogP contribution in [-0.2, 0) is 9.53 Å². The highest BCUT2D eigenvalue weighted by Crippen LogP contribution is 2.15. The lowest BCUT2D eigenvalue weighted by Crippen LogP contribution is -2.25. The lowest BCUT2D eigenvalue weighted by molar-refractivity contribution is -0.385. The first-order valence-corrected chi connectivity index (χ1v) is 5.82. The summed E-state index contributed by atoms with van der Waals surface area (Å²) < 4.78 is 5.05. The maximum Gasteiger partial charge on any atom is 0.311 e. The van der Waals surface area contributed by atoms with Crippen LogP contribution in [0.25, 0.3) is 0 Å². The van der Waals surface area contributed by atoms with Gasteiger partial charge in [-0.05, 0) is 26.8 Å². The maximum atomic E-state index is 11.5. The number of carbonyl (C=O) groups is 1. The molecule has 0 radical (unpaired) electrons. The van der Waals surface area contributed by atoms with Gasteiger partial charge in [0, 0.05) is 6.07 Å². The van der Waals surface area contributed by atoms with E-state index in [1.54, 1.807) is 20.8 Å². The molecular formula is C12H17N3O4. The van der Waals surface area contributed by atoms with Gasteiger partial charge in [-0.25, -0.2) is 4.98 Å². The number of nitrogens with zero attached hydrogens (tertiary/aromatic N) is 2. The Morgan fingerprint density at radius 1 is 1.47 bits per heavy atom. The molecule has 0 aliphatic heterocycles. The number of anilines is 1. The molecule has 0 spiro atoms. The van der Waals surface area contributed by atoms with E-state index in [-0.39, 0.29) is 18.3 Å². The highest BCUT2D eigenvalue weighted by Gasteiger charge is 2.22. The van der Waals surface area contributed by atoms with E-state index in [0.717, 1.165) is 0 Å². The number of aromatic nitrogens is 1. The van der Waals surface area contributed by atoms with Gasteiger partial charge in [-0.15, -0.1) is 0 Å². The van der Waals surface area contributed by atoms with E-state index in [0.29, 0.717) is 12.4 Å². The van der Waals surface area contributed by atoms with Crippen LogP contribution in [0.15, 0.2) is 18.3 Å². The molecular weight excluding hydrogens is 250 g/mol. The monoisotopic (exact) mass is 267 g/mol. The largest absolute Gasteiger partial charge is 0.463 e. The molecule has 0 bridgehead atoms. The zero-order chi connectivity index (χ0) is 14.5. The Morgan fingerprint density at radius 2 is 2.16 bits per heavy atom. The standard InChI is InChI=1S/C12H17N3O4/c1-12(2,3)11(16)19-7-6-13-10-5-4-9(8-14-10)15(17)18/h4-5,8H,6-7H2,1-3H3,(H,13,14). The summed E-state index contributed by atoms with van der Waals surface area (Å²) >= 11 is 0. The van der Waals surface area contributed by atoms with Crippen molar-refractivity contribution in [3.05, 3.63) is 28.4 Å². The summed E-state index contributed by atoms with van der Waals surface area (Å²) in [5, 5.41) is 13.3. The van der Waals surface area contributed by atoms with E-state index in [9.17, 15) is 14.9 Å². The molecule has 19 heavy (non-hydrogen) atoms. The van der Waals surface area contributed by atoms with Crippen molar-refractivity contribution in [2.45, 2.75) is 20.8 Å². The Hall–Kier alpha value is -2.18. The van der Waals surface area contributed by atoms with E-state index in [1.807, 2.05) is 0 Å². The Labute approximate surface area is 111 Å². The molecule has 0 fully saturated rings. The minimum absolute atomic E-state index is 0.0651. The molecule has 0 aliphatic rings. The van der Waals surface area contributed by atoms with Crippen LogP contribution in [0.4, 0.5) is 11.5 Å². The number of nitro groups is 1. The summed E-state index contributed by atoms with van der Waals surface area (Å²) in [4.78, 5) is 25.2. The van der Waals surface area contributed by atoms with Crippen molar-refractivity contribution in [3.63, 3.8) is 0 Å². The third-order valence-electron chi connectivity index (χ3n) is 2.21. The zero-order valence-corrected chi connectivity index (χ0v) is 11.2. The average molecular weight is 267 g/mol. The van der Waals surface area contributed by atoms with E-state index < -0.39 is 10.3 Å². The molecule has 0 amide bonds. The second-order valence-corrected chi connectivity index (χ2v) is 4.97. The van der Waals surface area contributed by atoms with Crippen molar-refractivity contribution < 1.29 is 14.5 Å². The highest BCUT2D eigenvalue weighted by molar-refractivity contribution is 5.75. The Balaban J connectivity index is 2.34. The summed E-state index contributed by atoms with van der Waals surface area (Å²) in [5.74, 6) is 0.225. The quantitative estimate of drug-likeness (QED) is 0.379. The predicted molar refractivity (Wildman–Crippen MR) is 69.8 cm³/mol. The first-order valence-electron chi connectivity index (χ1n) is 5.82. The molecule has 7 nitrogen and oxygen atoms in total. The molecule has 7 heteroatoms. The van der Waals surface area contributed by atoms with Crippen LogP contribution in [-0.4, -0.2) is 29.0 Å². The summed E-state index contributed by atoms with van der Waals surface area (Å²) in [5.41, 5.74) is -0.587. The van der Waals surface area contributed by atoms with Crippen LogP contribution in [0.3, 0.4) is 0 Å². The number of esters is 1. The fourth-order valence-electron chi connectivity index (χ4n) is 1.14. The highest BCUT2D eigenvalue weighted by atomic mass is 16.6. The van der Waals surface area contributed by atoms with Gasteiger partial charge >= 0.3 is 5.97 Å². The molecule has 0 unspecified atom stereocenters. The van der Waals surface area contributed by atoms with Crippen molar-refractivity contribution >= 4 is 17.5 Å². The summed E-state index contributed by atoms with van der Waals surface area (Å²) in [6.07, 6.45) is 1.17. The van der Waals surface area contributed by atoms with Crippen LogP contribution in [0.2, 0.25) is 0 Å². The molecule has 1 aromatic heterocycles. The fraction of sp³-hybridized carbons (Fsp3) is 0.500. The van der Waals surface area contributed by atoms with E-state index >= 15 is 0 Å². The maximum absolute atomic E-state index is 11.5. The minimum Gasteiger partial charge on any atom is -0.463 e. The van der Waals surface area contributed by atoms with Gasteiger partial charge in [0.15, 0.2) is 0 Å². The third kappa shape index (κ3) is 4.90. The number of hydrogen-bond donors (Lipinski definition) is 1. The van der Waals surface area contributed by atoms with Crippen LogP contribution >= 0.6 is 0 Å². The lowest BCUT2D eigenvalue weighted by atomic mass is 9.97. The molecule has 0 aromatic carbocycles. The second-order valence-electron chi connectivity index (χ2n) is 4.97. The van der Waals surface area contributed by atoms with Gasteiger partial charge in [-0.1, -0.05) is 0 Å². The van der Waals surface area contributed by atoms with Gasteiger partial charge in [-0.2, -0.15) is 0 Å².